The van der Waals surface area contributed by atoms with Gasteiger partial charge < -0.3 is 102 Å². The van der Waals surface area contributed by atoms with E-state index in [1.165, 1.54) is 28.1 Å². The second-order valence-electron chi connectivity index (χ2n) is 23.0. The summed E-state index contributed by atoms with van der Waals surface area (Å²) in [5, 5.41) is 69.0. The van der Waals surface area contributed by atoms with E-state index < -0.39 is 182 Å². The van der Waals surface area contributed by atoms with E-state index in [9.17, 15) is 45.0 Å². The van der Waals surface area contributed by atoms with Gasteiger partial charge in [0.05, 0.1) is 72.8 Å². The van der Waals surface area contributed by atoms with E-state index in [-0.39, 0.29) is 71.7 Å². The molecule has 2 aromatic rings. The molecule has 5 aliphatic heterocycles. The minimum atomic E-state index is -1.55. The molecule has 8 rings (SSSR count). The molecule has 25 nitrogen and oxygen atoms in total. The largest absolute Gasteiger partial charge is 0.507 e. The van der Waals surface area contributed by atoms with Crippen molar-refractivity contribution >= 4 is 34.5 Å². The highest BCUT2D eigenvalue weighted by atomic mass is 16.7. The average Bonchev–Trinajstić information content (AvgIpc) is 1.58. The van der Waals surface area contributed by atoms with E-state index in [1.807, 2.05) is 0 Å². The molecule has 0 radical (unpaired) electrons. The van der Waals surface area contributed by atoms with E-state index in [2.05, 4.69) is 0 Å². The first-order chi connectivity index (χ1) is 38.6. The number of esters is 3. The summed E-state index contributed by atoms with van der Waals surface area (Å²) in [5.74, 6) is -5.08. The molecular weight excluding hydrogens is 1080 g/mol. The number of carbonyl (C=O) groups excluding carboxylic acids is 4. The molecule has 2 aromatic carbocycles. The molecule has 23 atom stereocenters. The van der Waals surface area contributed by atoms with E-state index in [0.717, 1.165) is 7.11 Å². The van der Waals surface area contributed by atoms with Crippen molar-refractivity contribution in [1.29, 1.82) is 0 Å². The molecule has 0 saturated carbocycles. The quantitative estimate of drug-likeness (QED) is 0.0979. The second kappa shape index (κ2) is 26.1. The minimum Gasteiger partial charge on any atom is -0.507 e. The van der Waals surface area contributed by atoms with Crippen LogP contribution in [-0.4, -0.2) is 210 Å². The lowest BCUT2D eigenvalue weighted by atomic mass is 9.76. The standard InChI is InChI=1S/C57H82O25/c1-22(2)55(65)82-54-28(8)75-42(21-57(54,10)67)79-36-18-39(71-24(4)47(36)62)78-35-19-41(72-25(5)46(35)61)81-52-32(53(69-12)56(66)70-13)15-30-14-31-16-34(23(3)45(60)43(31)48(63)44(30)49(52)64)77-40-20-37(51(27(7)74-40)76-29(9)58)80-38-17-33(59)50(68-11)26(6)73-38/h14,16,22,24-28,32-33,35-42,46-47,50-54,59-63,67H,15,17-21H2,1-13H3. The van der Waals surface area contributed by atoms with Crippen LogP contribution in [0.25, 0.3) is 10.8 Å². The van der Waals surface area contributed by atoms with Gasteiger partial charge in [-0.1, -0.05) is 13.8 Å². The summed E-state index contributed by atoms with van der Waals surface area (Å²) in [6.07, 6.45) is -21.2. The predicted octanol–water partition coefficient (Wildman–Crippen LogP) is 3.04. The number of aliphatic hydroxyl groups excluding tert-OH is 3. The van der Waals surface area contributed by atoms with Gasteiger partial charge in [-0.3, -0.25) is 14.4 Å². The van der Waals surface area contributed by atoms with Gasteiger partial charge in [0.2, 0.25) is 6.29 Å². The van der Waals surface area contributed by atoms with Gasteiger partial charge in [0.25, 0.3) is 0 Å². The highest BCUT2D eigenvalue weighted by Crippen LogP contribution is 2.48. The molecular formula is C57H82O25. The first-order valence-corrected chi connectivity index (χ1v) is 28.0. The fourth-order valence-corrected chi connectivity index (χ4v) is 12.2. The number of phenolic OH excluding ortho intramolecular Hbond substituents is 2. The summed E-state index contributed by atoms with van der Waals surface area (Å²) < 4.78 is 89.8. The number of Topliss-reactive ketones (excluding diaryl/α,β-unsaturated/α-hetero) is 1. The molecule has 82 heavy (non-hydrogen) atoms. The van der Waals surface area contributed by atoms with Gasteiger partial charge in [-0.15, -0.1) is 0 Å². The maximum absolute atomic E-state index is 15.0. The van der Waals surface area contributed by atoms with Gasteiger partial charge in [-0.2, -0.15) is 0 Å². The Hall–Kier alpha value is -4.42. The van der Waals surface area contributed by atoms with Crippen LogP contribution in [0, 0.1) is 18.8 Å². The topological polar surface area (TPSA) is 328 Å². The Balaban J connectivity index is 1.00. The van der Waals surface area contributed by atoms with Crippen molar-refractivity contribution in [2.24, 2.45) is 11.8 Å². The maximum atomic E-state index is 15.0. The Morgan fingerprint density at radius 3 is 1.80 bits per heavy atom. The van der Waals surface area contributed by atoms with Crippen molar-refractivity contribution in [3.8, 4) is 17.2 Å². The highest BCUT2D eigenvalue weighted by molar-refractivity contribution is 6.11. The summed E-state index contributed by atoms with van der Waals surface area (Å²) in [6, 6.07) is 3.14. The number of rotatable bonds is 17. The van der Waals surface area contributed by atoms with Crippen LogP contribution in [-0.2, 0) is 87.1 Å². The van der Waals surface area contributed by atoms with Crippen molar-refractivity contribution in [2.75, 3.05) is 21.3 Å². The summed E-state index contributed by atoms with van der Waals surface area (Å²) in [5.41, 5.74) is -1.31. The molecule has 5 saturated heterocycles. The molecule has 0 bridgehead atoms. The summed E-state index contributed by atoms with van der Waals surface area (Å²) in [4.78, 5) is 53.2. The van der Waals surface area contributed by atoms with Crippen LogP contribution in [0.2, 0.25) is 0 Å². The van der Waals surface area contributed by atoms with Crippen molar-refractivity contribution in [3.05, 3.63) is 28.8 Å². The number of benzene rings is 2. The van der Waals surface area contributed by atoms with E-state index in [0.29, 0.717) is 0 Å². The van der Waals surface area contributed by atoms with Crippen LogP contribution in [0.15, 0.2) is 12.1 Å². The Kier molecular flexibility index (Phi) is 20.2. The molecule has 5 fully saturated rings. The monoisotopic (exact) mass is 1170 g/mol. The lowest BCUT2D eigenvalue weighted by Gasteiger charge is -2.46. The van der Waals surface area contributed by atoms with E-state index in [1.54, 1.807) is 67.5 Å². The zero-order valence-corrected chi connectivity index (χ0v) is 48.6. The van der Waals surface area contributed by atoms with E-state index in [4.69, 9.17) is 71.1 Å². The van der Waals surface area contributed by atoms with Crippen LogP contribution in [0.3, 0.4) is 0 Å². The number of hydrogen-bond donors (Lipinski definition) is 6. The van der Waals surface area contributed by atoms with Gasteiger partial charge in [0.15, 0.2) is 49.3 Å². The summed E-state index contributed by atoms with van der Waals surface area (Å²) in [6.45, 7) is 15.9. The fraction of sp³-hybridized carbons (Fsp3) is 0.754. The molecule has 5 heterocycles. The van der Waals surface area contributed by atoms with Crippen molar-refractivity contribution in [3.63, 3.8) is 0 Å². The van der Waals surface area contributed by atoms with Crippen LogP contribution in [0.4, 0.5) is 0 Å². The molecule has 0 aromatic heterocycles. The fourth-order valence-electron chi connectivity index (χ4n) is 12.2. The van der Waals surface area contributed by atoms with Gasteiger partial charge in [0, 0.05) is 64.7 Å². The number of methoxy groups -OCH3 is 3. The summed E-state index contributed by atoms with van der Waals surface area (Å²) in [7, 11) is 3.90. The second-order valence-corrected chi connectivity index (χ2v) is 23.0. The molecule has 0 spiro atoms. The third-order valence-electron chi connectivity index (χ3n) is 16.5. The third-order valence-corrected chi connectivity index (χ3v) is 16.5. The molecule has 1 aliphatic carbocycles. The summed E-state index contributed by atoms with van der Waals surface area (Å²) >= 11 is 0. The van der Waals surface area contributed by atoms with Gasteiger partial charge in [0.1, 0.15) is 53.4 Å². The normalized spacial score (nSPS) is 39.3. The number of phenols is 2. The van der Waals surface area contributed by atoms with Crippen molar-refractivity contribution < 1.29 is 121 Å². The third kappa shape index (κ3) is 13.5. The number of aliphatic hydroxyl groups is 4. The number of ether oxygens (including phenoxy) is 15. The Morgan fingerprint density at radius 1 is 0.683 bits per heavy atom. The Morgan fingerprint density at radius 2 is 1.23 bits per heavy atom. The maximum Gasteiger partial charge on any atom is 0.335 e. The van der Waals surface area contributed by atoms with Crippen LogP contribution >= 0.6 is 0 Å². The average molecular weight is 1170 g/mol. The number of fused-ring (bicyclic) bond motifs is 2. The van der Waals surface area contributed by atoms with Crippen LogP contribution in [0.5, 0.6) is 17.2 Å². The number of ketones is 1. The lowest BCUT2D eigenvalue weighted by Crippen LogP contribution is -2.59. The van der Waals surface area contributed by atoms with Crippen molar-refractivity contribution in [1.82, 2.24) is 0 Å². The number of hydrogen-bond acceptors (Lipinski definition) is 25. The first-order valence-electron chi connectivity index (χ1n) is 28.0. The van der Waals surface area contributed by atoms with Crippen LogP contribution < -0.4 is 4.74 Å². The molecule has 0 amide bonds. The molecule has 23 unspecified atom stereocenters. The van der Waals surface area contributed by atoms with Crippen molar-refractivity contribution in [2.45, 2.75) is 242 Å². The molecule has 460 valence electrons. The molecule has 25 heteroatoms. The number of carbonyl (C=O) groups is 4. The lowest BCUT2D eigenvalue weighted by molar-refractivity contribution is -0.334. The zero-order chi connectivity index (χ0) is 60.0. The molecule has 6 aliphatic rings. The van der Waals surface area contributed by atoms with E-state index >= 15 is 4.79 Å². The SMILES string of the molecule is COC(=O)C(OC)C1Cc2cc3cc(OC4CC(OC5CC(O)C(OC)C(C)O5)C(OC(C)=O)C(C)O4)c(C)c(O)c3c(O)c2C(=O)C1OC1CC(OC2CC(OC3CC(C)(O)C(OC(=O)C(C)C)C(C)O3)C(O)C(C)O2)C(O)C(C)O1. The van der Waals surface area contributed by atoms with Gasteiger partial charge in [-0.05, 0) is 78.0 Å². The first kappa shape index (κ1) is 63.6. The Bertz CT molecular complexity index is 2580. The predicted molar refractivity (Wildman–Crippen MR) is 281 cm³/mol. The molecule has 6 N–H and O–H groups in total. The smallest absolute Gasteiger partial charge is 0.335 e. The zero-order valence-electron chi connectivity index (χ0n) is 48.6. The highest BCUT2D eigenvalue weighted by Gasteiger charge is 2.52. The van der Waals surface area contributed by atoms with Gasteiger partial charge in [-0.25, -0.2) is 4.79 Å². The minimum absolute atomic E-state index is 0.00347. The Labute approximate surface area is 475 Å². The number of aromatic hydroxyl groups is 2. The van der Waals surface area contributed by atoms with Crippen LogP contribution in [0.1, 0.15) is 116 Å². The van der Waals surface area contributed by atoms with Gasteiger partial charge >= 0.3 is 17.9 Å².